The second-order valence-electron chi connectivity index (χ2n) is 9.51. The third kappa shape index (κ3) is 5.81. The number of amides is 3. The number of imide groups is 1. The van der Waals surface area contributed by atoms with Crippen molar-refractivity contribution in [2.24, 2.45) is 0 Å². The minimum atomic E-state index is -0.436. The van der Waals surface area contributed by atoms with Crippen LogP contribution in [0.1, 0.15) is 38.7 Å². The normalized spacial score (nSPS) is 13.3. The van der Waals surface area contributed by atoms with Gasteiger partial charge in [0.2, 0.25) is 5.91 Å². The molecule has 0 aliphatic carbocycles. The van der Waals surface area contributed by atoms with Gasteiger partial charge in [-0.3, -0.25) is 19.8 Å². The fraction of sp³-hybridized carbons (Fsp3) is 0.276. The largest absolute Gasteiger partial charge is 0.326 e. The summed E-state index contributed by atoms with van der Waals surface area (Å²) in [5.41, 5.74) is 5.96. The van der Waals surface area contributed by atoms with E-state index in [9.17, 15) is 14.4 Å². The molecule has 11 heteroatoms. The molecule has 40 heavy (non-hydrogen) atoms. The Morgan fingerprint density at radius 2 is 1.85 bits per heavy atom. The van der Waals surface area contributed by atoms with Crippen molar-refractivity contribution in [1.29, 1.82) is 0 Å². The van der Waals surface area contributed by atoms with E-state index in [1.165, 1.54) is 28.7 Å². The third-order valence-corrected chi connectivity index (χ3v) is 8.62. The van der Waals surface area contributed by atoms with Gasteiger partial charge in [0, 0.05) is 35.2 Å². The molecule has 206 valence electrons. The van der Waals surface area contributed by atoms with Crippen LogP contribution in [-0.4, -0.2) is 45.8 Å². The first kappa shape index (κ1) is 27.6. The van der Waals surface area contributed by atoms with Crippen LogP contribution >= 0.6 is 22.7 Å². The summed E-state index contributed by atoms with van der Waals surface area (Å²) in [5, 5.41) is 9.92. The van der Waals surface area contributed by atoms with Gasteiger partial charge in [-0.1, -0.05) is 31.5 Å². The fourth-order valence-electron chi connectivity index (χ4n) is 4.37. The number of aryl methyl sites for hydroxylation is 1. The highest BCUT2D eigenvalue weighted by atomic mass is 32.1. The number of nitrogens with one attached hydrogen (secondary N) is 3. The Morgan fingerprint density at radius 3 is 2.52 bits per heavy atom. The van der Waals surface area contributed by atoms with Gasteiger partial charge in [-0.25, -0.2) is 9.97 Å². The van der Waals surface area contributed by atoms with Crippen LogP contribution in [0.25, 0.3) is 31.4 Å². The zero-order valence-electron chi connectivity index (χ0n) is 22.5. The quantitative estimate of drug-likeness (QED) is 0.154. The average Bonchev–Trinajstić information content (AvgIpc) is 3.65. The van der Waals surface area contributed by atoms with Gasteiger partial charge >= 0.3 is 0 Å². The molecule has 0 bridgehead atoms. The van der Waals surface area contributed by atoms with Crippen molar-refractivity contribution in [3.63, 3.8) is 0 Å². The van der Waals surface area contributed by atoms with Crippen LogP contribution in [0.2, 0.25) is 0 Å². The van der Waals surface area contributed by atoms with Crippen molar-refractivity contribution in [2.75, 3.05) is 23.8 Å². The maximum absolute atomic E-state index is 12.6. The molecule has 1 aromatic carbocycles. The molecule has 5 rings (SSSR count). The molecule has 0 radical (unpaired) electrons. The van der Waals surface area contributed by atoms with Crippen LogP contribution in [0.3, 0.4) is 0 Å². The lowest BCUT2D eigenvalue weighted by Gasteiger charge is -2.17. The number of carbonyl (C=O) groups excluding carboxylic acids is 3. The fourth-order valence-corrected chi connectivity index (χ4v) is 6.21. The summed E-state index contributed by atoms with van der Waals surface area (Å²) in [5.74, 6) is 0.0439. The van der Waals surface area contributed by atoms with E-state index in [1.807, 2.05) is 48.7 Å². The standard InChI is InChI=1S/C29H30N6O3S2/c1-4-5-13-30-14-12-22(36)31-20-10-8-19(9-11-20)25-18(3)24-27(34-35-23(37)16-17(2)29(35)38)32-26(33-28(24)40-25)21-7-6-15-39-21/h6-11,15-16,30H,4-5,12-14H2,1-3H3,(H,31,36)(H,32,33,34). The van der Waals surface area contributed by atoms with E-state index in [4.69, 9.17) is 9.97 Å². The Morgan fingerprint density at radius 1 is 1.05 bits per heavy atom. The second-order valence-corrected chi connectivity index (χ2v) is 11.5. The number of aromatic nitrogens is 2. The summed E-state index contributed by atoms with van der Waals surface area (Å²) in [6, 6.07) is 11.6. The van der Waals surface area contributed by atoms with Crippen LogP contribution in [0.4, 0.5) is 11.5 Å². The number of carbonyl (C=O) groups is 3. The van der Waals surface area contributed by atoms with Gasteiger partial charge in [-0.2, -0.15) is 5.01 Å². The lowest BCUT2D eigenvalue weighted by atomic mass is 10.1. The monoisotopic (exact) mass is 574 g/mol. The molecule has 1 aliphatic heterocycles. The molecular weight excluding hydrogens is 544 g/mol. The number of hydrogen-bond donors (Lipinski definition) is 3. The minimum absolute atomic E-state index is 0.0300. The number of unbranched alkanes of at least 4 members (excludes halogenated alkanes) is 1. The smallest absolute Gasteiger partial charge is 0.275 e. The van der Waals surface area contributed by atoms with Crippen molar-refractivity contribution >= 4 is 62.1 Å². The van der Waals surface area contributed by atoms with Gasteiger partial charge < -0.3 is 10.6 Å². The molecule has 0 saturated carbocycles. The zero-order chi connectivity index (χ0) is 28.2. The summed E-state index contributed by atoms with van der Waals surface area (Å²) >= 11 is 3.03. The number of thiophene rings is 2. The number of hydrazine groups is 1. The molecule has 0 saturated heterocycles. The molecule has 1 aliphatic rings. The third-order valence-electron chi connectivity index (χ3n) is 6.52. The van der Waals surface area contributed by atoms with Gasteiger partial charge in [0.05, 0.1) is 10.3 Å². The van der Waals surface area contributed by atoms with Crippen LogP contribution in [-0.2, 0) is 14.4 Å². The molecule has 9 nitrogen and oxygen atoms in total. The highest BCUT2D eigenvalue weighted by Gasteiger charge is 2.30. The van der Waals surface area contributed by atoms with Crippen molar-refractivity contribution in [2.45, 2.75) is 40.0 Å². The molecule has 0 unspecified atom stereocenters. The molecule has 3 amide bonds. The van der Waals surface area contributed by atoms with E-state index in [0.29, 0.717) is 30.2 Å². The summed E-state index contributed by atoms with van der Waals surface area (Å²) in [6.45, 7) is 7.30. The molecule has 0 fully saturated rings. The lowest BCUT2D eigenvalue weighted by Crippen LogP contribution is -2.36. The Kier molecular flexibility index (Phi) is 8.34. The minimum Gasteiger partial charge on any atom is -0.326 e. The van der Waals surface area contributed by atoms with Gasteiger partial charge in [-0.15, -0.1) is 22.7 Å². The maximum Gasteiger partial charge on any atom is 0.275 e. The van der Waals surface area contributed by atoms with Crippen LogP contribution in [0, 0.1) is 6.92 Å². The van der Waals surface area contributed by atoms with E-state index < -0.39 is 11.8 Å². The number of fused-ring (bicyclic) bond motifs is 1. The molecular formula is C29H30N6O3S2. The second kappa shape index (κ2) is 12.1. The number of hydrogen-bond acceptors (Lipinski definition) is 9. The highest BCUT2D eigenvalue weighted by Crippen LogP contribution is 2.41. The Hall–Kier alpha value is -3.93. The van der Waals surface area contributed by atoms with Crippen LogP contribution in [0.15, 0.2) is 53.4 Å². The number of anilines is 2. The van der Waals surface area contributed by atoms with Crippen molar-refractivity contribution < 1.29 is 14.4 Å². The van der Waals surface area contributed by atoms with Crippen molar-refractivity contribution in [3.05, 3.63) is 59.0 Å². The SMILES string of the molecule is CCCCNCCC(=O)Nc1ccc(-c2sc3nc(-c4cccs4)nc(NN4C(=O)C=C(C)C4=O)c3c2C)cc1. The van der Waals surface area contributed by atoms with Gasteiger partial charge in [0.25, 0.3) is 11.8 Å². The van der Waals surface area contributed by atoms with Gasteiger partial charge in [-0.05, 0) is 61.5 Å². The predicted molar refractivity (Wildman–Crippen MR) is 161 cm³/mol. The maximum atomic E-state index is 12.6. The highest BCUT2D eigenvalue weighted by molar-refractivity contribution is 7.22. The predicted octanol–water partition coefficient (Wildman–Crippen LogP) is 5.76. The summed E-state index contributed by atoms with van der Waals surface area (Å²) in [7, 11) is 0. The van der Waals surface area contributed by atoms with Crippen molar-refractivity contribution in [1.82, 2.24) is 20.3 Å². The molecule has 3 N–H and O–H groups in total. The zero-order valence-corrected chi connectivity index (χ0v) is 24.2. The summed E-state index contributed by atoms with van der Waals surface area (Å²) in [6.07, 6.45) is 3.95. The molecule has 0 spiro atoms. The van der Waals surface area contributed by atoms with E-state index >= 15 is 0 Å². The molecule has 3 aromatic heterocycles. The first-order chi connectivity index (χ1) is 19.4. The Bertz CT molecular complexity index is 1590. The Balaban J connectivity index is 1.42. The summed E-state index contributed by atoms with van der Waals surface area (Å²) < 4.78 is 0. The summed E-state index contributed by atoms with van der Waals surface area (Å²) in [4.78, 5) is 49.5. The first-order valence-electron chi connectivity index (χ1n) is 13.1. The average molecular weight is 575 g/mol. The van der Waals surface area contributed by atoms with Crippen LogP contribution in [0.5, 0.6) is 0 Å². The van der Waals surface area contributed by atoms with E-state index in [0.717, 1.165) is 61.2 Å². The number of rotatable bonds is 11. The lowest BCUT2D eigenvalue weighted by molar-refractivity contribution is -0.135. The van der Waals surface area contributed by atoms with E-state index in [2.05, 4.69) is 23.0 Å². The van der Waals surface area contributed by atoms with Crippen LogP contribution < -0.4 is 16.1 Å². The topological polar surface area (TPSA) is 116 Å². The van der Waals surface area contributed by atoms with Gasteiger partial charge in [0.1, 0.15) is 4.83 Å². The number of nitrogens with zero attached hydrogens (tertiary/aromatic N) is 3. The molecule has 4 aromatic rings. The molecule has 4 heterocycles. The first-order valence-corrected chi connectivity index (χ1v) is 14.8. The van der Waals surface area contributed by atoms with E-state index in [-0.39, 0.29) is 5.91 Å². The Labute approximate surface area is 240 Å². The van der Waals surface area contributed by atoms with Crippen molar-refractivity contribution in [3.8, 4) is 21.1 Å². The van der Waals surface area contributed by atoms with Gasteiger partial charge in [0.15, 0.2) is 11.6 Å². The van der Waals surface area contributed by atoms with E-state index in [1.54, 1.807) is 6.92 Å². The molecule has 0 atom stereocenters. The number of benzene rings is 1.